The van der Waals surface area contributed by atoms with Crippen molar-refractivity contribution in [3.05, 3.63) is 0 Å². The minimum absolute atomic E-state index is 0.0161. The van der Waals surface area contributed by atoms with Gasteiger partial charge in [0.05, 0.1) is 13.2 Å². The Bertz CT molecular complexity index is 529. The lowest BCUT2D eigenvalue weighted by Gasteiger charge is -2.19. The van der Waals surface area contributed by atoms with Crippen LogP contribution < -0.4 is 0 Å². The summed E-state index contributed by atoms with van der Waals surface area (Å²) < 4.78 is 22.6. The van der Waals surface area contributed by atoms with E-state index >= 15 is 0 Å². The maximum absolute atomic E-state index is 12.2. The Kier molecular flexibility index (Phi) is 23.9. The van der Waals surface area contributed by atoms with Crippen molar-refractivity contribution in [1.29, 1.82) is 0 Å². The average Bonchev–Trinajstić information content (AvgIpc) is 2.82. The molecule has 0 aliphatic carbocycles. The summed E-state index contributed by atoms with van der Waals surface area (Å²) in [6.45, 7) is 5.36. The Hall–Kier alpha value is -0.260. The van der Waals surface area contributed by atoms with Crippen LogP contribution in [0.5, 0.6) is 0 Å². The van der Waals surface area contributed by atoms with Gasteiger partial charge in [0.25, 0.3) is 0 Å². The predicted molar refractivity (Wildman–Crippen MR) is 148 cm³/mol. The fourth-order valence-electron chi connectivity index (χ4n) is 4.29. The van der Waals surface area contributed by atoms with Gasteiger partial charge in [0.15, 0.2) is 0 Å². The van der Waals surface area contributed by atoms with Crippen LogP contribution in [0.4, 0.5) is 0 Å². The molecule has 0 radical (unpaired) electrons. The summed E-state index contributed by atoms with van der Waals surface area (Å²) in [5.74, 6) is 0.166. The van der Waals surface area contributed by atoms with Crippen molar-refractivity contribution < 1.29 is 23.3 Å². The minimum atomic E-state index is -4.06. The first-order valence-corrected chi connectivity index (χ1v) is 16.1. The van der Waals surface area contributed by atoms with E-state index < -0.39 is 7.82 Å². The van der Waals surface area contributed by atoms with E-state index in [0.29, 0.717) is 19.3 Å². The molecule has 7 heteroatoms. The zero-order valence-electron chi connectivity index (χ0n) is 23.6. The molecule has 0 bridgehead atoms. The normalized spacial score (nSPS) is 14.3. The smallest absolute Gasteiger partial charge is 0.309 e. The largest absolute Gasteiger partial charge is 0.472 e. The molecule has 0 aromatic carbocycles. The lowest BCUT2D eigenvalue weighted by molar-refractivity contribution is -0.120. The Morgan fingerprint density at radius 2 is 1.29 bits per heavy atom. The molecule has 0 aromatic heterocycles. The SMILES string of the molecule is CCCCCCCCCCCCCCCCC(COP(=O)(O)OCCCCN(C)C)CC(=O)CC. The molecular formula is C28H58NO5P. The zero-order valence-corrected chi connectivity index (χ0v) is 24.5. The van der Waals surface area contributed by atoms with Crippen molar-refractivity contribution >= 4 is 13.6 Å². The molecule has 0 aliphatic heterocycles. The van der Waals surface area contributed by atoms with Gasteiger partial charge in [0.1, 0.15) is 5.78 Å². The lowest BCUT2D eigenvalue weighted by atomic mass is 9.95. The number of unbranched alkanes of at least 4 members (excludes halogenated alkanes) is 14. The first-order valence-electron chi connectivity index (χ1n) is 14.6. The van der Waals surface area contributed by atoms with Crippen molar-refractivity contribution in [2.45, 2.75) is 136 Å². The van der Waals surface area contributed by atoms with Crippen LogP contribution in [0.2, 0.25) is 0 Å². The minimum Gasteiger partial charge on any atom is -0.309 e. The summed E-state index contributed by atoms with van der Waals surface area (Å²) in [5, 5.41) is 0. The van der Waals surface area contributed by atoms with Gasteiger partial charge in [-0.3, -0.25) is 13.8 Å². The van der Waals surface area contributed by atoms with E-state index in [0.717, 1.165) is 32.2 Å². The zero-order chi connectivity index (χ0) is 26.2. The summed E-state index contributed by atoms with van der Waals surface area (Å²) in [5.41, 5.74) is 0. The number of ketones is 1. The topological polar surface area (TPSA) is 76.1 Å². The van der Waals surface area contributed by atoms with E-state index in [1.165, 1.54) is 77.0 Å². The van der Waals surface area contributed by atoms with Gasteiger partial charge in [-0.25, -0.2) is 4.57 Å². The van der Waals surface area contributed by atoms with Crippen molar-refractivity contribution in [3.63, 3.8) is 0 Å². The Morgan fingerprint density at radius 1 is 0.771 bits per heavy atom. The highest BCUT2D eigenvalue weighted by Gasteiger charge is 2.24. The number of hydrogen-bond donors (Lipinski definition) is 1. The van der Waals surface area contributed by atoms with Crippen LogP contribution >= 0.6 is 7.82 Å². The van der Waals surface area contributed by atoms with Gasteiger partial charge in [-0.1, -0.05) is 104 Å². The van der Waals surface area contributed by atoms with Crippen molar-refractivity contribution in [3.8, 4) is 0 Å². The number of Topliss-reactive ketones (excluding diaryl/α,β-unsaturated/α-hetero) is 1. The quantitative estimate of drug-likeness (QED) is 0.0868. The van der Waals surface area contributed by atoms with Gasteiger partial charge in [-0.2, -0.15) is 0 Å². The highest BCUT2D eigenvalue weighted by atomic mass is 31.2. The molecule has 0 saturated carbocycles. The molecule has 0 aromatic rings. The summed E-state index contributed by atoms with van der Waals surface area (Å²) in [7, 11) is -0.0670. The van der Waals surface area contributed by atoms with E-state index in [1.807, 2.05) is 21.0 Å². The maximum atomic E-state index is 12.2. The van der Waals surface area contributed by atoms with E-state index in [-0.39, 0.29) is 24.9 Å². The molecule has 0 rings (SSSR count). The molecule has 6 nitrogen and oxygen atoms in total. The monoisotopic (exact) mass is 519 g/mol. The van der Waals surface area contributed by atoms with Crippen LogP contribution in [-0.2, 0) is 18.4 Å². The van der Waals surface area contributed by atoms with E-state index in [2.05, 4.69) is 11.8 Å². The van der Waals surface area contributed by atoms with Crippen molar-refractivity contribution in [2.75, 3.05) is 33.9 Å². The van der Waals surface area contributed by atoms with E-state index in [1.54, 1.807) is 0 Å². The van der Waals surface area contributed by atoms with Gasteiger partial charge in [0, 0.05) is 12.8 Å². The Labute approximate surface area is 217 Å². The third-order valence-electron chi connectivity index (χ3n) is 6.60. The molecular weight excluding hydrogens is 461 g/mol. The van der Waals surface area contributed by atoms with Gasteiger partial charge < -0.3 is 9.79 Å². The Morgan fingerprint density at radius 3 is 1.77 bits per heavy atom. The van der Waals surface area contributed by atoms with Gasteiger partial charge in [-0.15, -0.1) is 0 Å². The summed E-state index contributed by atoms with van der Waals surface area (Å²) in [6.07, 6.45) is 21.8. The Balaban J connectivity index is 3.92. The van der Waals surface area contributed by atoms with Crippen LogP contribution in [0.3, 0.4) is 0 Å². The molecule has 2 atom stereocenters. The molecule has 0 saturated heterocycles. The summed E-state index contributed by atoms with van der Waals surface area (Å²) in [6, 6.07) is 0. The van der Waals surface area contributed by atoms with Crippen LogP contribution in [0.25, 0.3) is 0 Å². The highest BCUT2D eigenvalue weighted by molar-refractivity contribution is 7.47. The molecule has 0 spiro atoms. The number of phosphoric ester groups is 1. The molecule has 210 valence electrons. The maximum Gasteiger partial charge on any atom is 0.472 e. The molecule has 0 heterocycles. The highest BCUT2D eigenvalue weighted by Crippen LogP contribution is 2.44. The van der Waals surface area contributed by atoms with E-state index in [9.17, 15) is 14.3 Å². The molecule has 0 fully saturated rings. The molecule has 0 aliphatic rings. The fourth-order valence-corrected chi connectivity index (χ4v) is 5.12. The number of carbonyl (C=O) groups is 1. The van der Waals surface area contributed by atoms with Gasteiger partial charge in [-0.05, 0) is 45.8 Å². The number of hydrogen-bond acceptors (Lipinski definition) is 5. The van der Waals surface area contributed by atoms with Crippen LogP contribution in [0.1, 0.15) is 136 Å². The number of carbonyl (C=O) groups excluding carboxylic acids is 1. The first-order chi connectivity index (χ1) is 16.8. The third kappa shape index (κ3) is 25.2. The van der Waals surface area contributed by atoms with Gasteiger partial charge >= 0.3 is 7.82 Å². The number of rotatable bonds is 27. The van der Waals surface area contributed by atoms with Crippen molar-refractivity contribution in [1.82, 2.24) is 4.90 Å². The van der Waals surface area contributed by atoms with Crippen LogP contribution in [0.15, 0.2) is 0 Å². The fraction of sp³-hybridized carbons (Fsp3) is 0.964. The van der Waals surface area contributed by atoms with Crippen LogP contribution in [0, 0.1) is 5.92 Å². The average molecular weight is 520 g/mol. The van der Waals surface area contributed by atoms with Crippen molar-refractivity contribution in [2.24, 2.45) is 5.92 Å². The molecule has 2 unspecified atom stereocenters. The second kappa shape index (κ2) is 24.1. The molecule has 35 heavy (non-hydrogen) atoms. The summed E-state index contributed by atoms with van der Waals surface area (Å²) >= 11 is 0. The predicted octanol–water partition coefficient (Wildman–Crippen LogP) is 8.32. The van der Waals surface area contributed by atoms with E-state index in [4.69, 9.17) is 9.05 Å². The first kappa shape index (κ1) is 34.7. The number of phosphoric acid groups is 1. The molecule has 0 amide bonds. The molecule has 1 N–H and O–H groups in total. The second-order valence-electron chi connectivity index (χ2n) is 10.5. The second-order valence-corrected chi connectivity index (χ2v) is 11.9. The van der Waals surface area contributed by atoms with Gasteiger partial charge in [0.2, 0.25) is 0 Å². The lowest BCUT2D eigenvalue weighted by Crippen LogP contribution is -2.15. The number of nitrogens with zero attached hydrogens (tertiary/aromatic N) is 1. The third-order valence-corrected chi connectivity index (χ3v) is 7.59. The van der Waals surface area contributed by atoms with Crippen LogP contribution in [-0.4, -0.2) is 49.4 Å². The summed E-state index contributed by atoms with van der Waals surface area (Å²) in [4.78, 5) is 24.0. The standard InChI is InChI=1S/C28H58NO5P/c1-5-7-8-9-10-11-12-13-14-15-16-17-18-19-22-27(25-28(30)6-2)26-34-35(31,32)33-24-21-20-23-29(3)4/h27H,5-26H2,1-4H3,(H,31,32).